The number of piperidine rings is 1. The molecule has 0 atom stereocenters. The lowest BCUT2D eigenvalue weighted by Gasteiger charge is -2.33. The Morgan fingerprint density at radius 1 is 1.42 bits per heavy atom. The Morgan fingerprint density at radius 2 is 2.19 bits per heavy atom. The van der Waals surface area contributed by atoms with Crippen LogP contribution in [0, 0.1) is 5.92 Å². The van der Waals surface area contributed by atoms with Crippen LogP contribution in [0.4, 0.5) is 0 Å². The van der Waals surface area contributed by atoms with Crippen molar-refractivity contribution in [1.82, 2.24) is 20.5 Å². The number of fused-ring (bicyclic) bond motifs is 1. The van der Waals surface area contributed by atoms with Gasteiger partial charge in [0.15, 0.2) is 5.96 Å². The lowest BCUT2D eigenvalue weighted by molar-refractivity contribution is -0.121. The van der Waals surface area contributed by atoms with Crippen molar-refractivity contribution in [2.75, 3.05) is 27.2 Å². The molecule has 2 heterocycles. The third-order valence-corrected chi connectivity index (χ3v) is 5.94. The van der Waals surface area contributed by atoms with Crippen molar-refractivity contribution in [3.05, 3.63) is 28.2 Å². The van der Waals surface area contributed by atoms with Crippen molar-refractivity contribution in [3.63, 3.8) is 0 Å². The molecule has 0 bridgehead atoms. The molecule has 0 unspecified atom stereocenters. The monoisotopic (exact) mass is 393 g/mol. The number of amides is 1. The van der Waals surface area contributed by atoms with Crippen LogP contribution in [-0.2, 0) is 11.3 Å². The van der Waals surface area contributed by atoms with Crippen LogP contribution in [0.3, 0.4) is 0 Å². The van der Waals surface area contributed by atoms with Crippen molar-refractivity contribution in [2.24, 2.45) is 10.9 Å². The Kier molecular flexibility index (Phi) is 6.32. The molecule has 1 aromatic heterocycles. The van der Waals surface area contributed by atoms with Crippen molar-refractivity contribution in [2.45, 2.75) is 25.8 Å². The van der Waals surface area contributed by atoms with Gasteiger partial charge in [-0.3, -0.25) is 9.79 Å². The number of halogens is 1. The molecule has 0 aliphatic carbocycles. The maximum atomic E-state index is 11.5. The molecule has 140 valence electrons. The summed E-state index contributed by atoms with van der Waals surface area (Å²) in [7, 11) is 3.50. The predicted molar refractivity (Wildman–Crippen MR) is 108 cm³/mol. The minimum absolute atomic E-state index is 0.127. The highest BCUT2D eigenvalue weighted by atomic mass is 35.5. The number of benzene rings is 1. The fourth-order valence-electron chi connectivity index (χ4n) is 3.22. The van der Waals surface area contributed by atoms with Crippen molar-refractivity contribution < 1.29 is 4.79 Å². The molecule has 1 aromatic carbocycles. The maximum absolute atomic E-state index is 11.5. The molecular weight excluding hydrogens is 370 g/mol. The summed E-state index contributed by atoms with van der Waals surface area (Å²) in [5.74, 6) is 1.47. The number of carbonyl (C=O) groups is 1. The Hall–Kier alpha value is -1.86. The van der Waals surface area contributed by atoms with Crippen LogP contribution in [0.5, 0.6) is 0 Å². The lowest BCUT2D eigenvalue weighted by atomic mass is 9.93. The Bertz CT molecular complexity index is 798. The average Bonchev–Trinajstić information content (AvgIpc) is 3.05. The van der Waals surface area contributed by atoms with Crippen molar-refractivity contribution in [1.29, 1.82) is 0 Å². The topological polar surface area (TPSA) is 69.6 Å². The highest BCUT2D eigenvalue weighted by Gasteiger charge is 2.23. The van der Waals surface area contributed by atoms with Gasteiger partial charge in [-0.05, 0) is 37.0 Å². The van der Waals surface area contributed by atoms with Crippen LogP contribution in [-0.4, -0.2) is 48.9 Å². The molecule has 1 aliphatic rings. The Morgan fingerprint density at radius 3 is 2.88 bits per heavy atom. The second-order valence-electron chi connectivity index (χ2n) is 6.43. The van der Waals surface area contributed by atoms with Crippen LogP contribution in [0.1, 0.15) is 24.3 Å². The summed E-state index contributed by atoms with van der Waals surface area (Å²) in [4.78, 5) is 22.8. The molecule has 0 radical (unpaired) electrons. The van der Waals surface area contributed by atoms with Crippen molar-refractivity contribution >= 4 is 45.0 Å². The zero-order valence-corrected chi connectivity index (χ0v) is 16.7. The number of hydrogen-bond acceptors (Lipinski definition) is 4. The smallest absolute Gasteiger partial charge is 0.220 e. The van der Waals surface area contributed by atoms with Crippen LogP contribution < -0.4 is 10.6 Å². The average molecular weight is 394 g/mol. The molecule has 1 saturated heterocycles. The summed E-state index contributed by atoms with van der Waals surface area (Å²) in [5.41, 5.74) is 0.935. The normalized spacial score (nSPS) is 16.1. The SMILES string of the molecule is CN=C(NCc1nc2cc(Cl)ccc2s1)N1CCC(CC(=O)NC)CC1. The van der Waals surface area contributed by atoms with Gasteiger partial charge >= 0.3 is 0 Å². The van der Waals surface area contributed by atoms with Gasteiger partial charge in [0.2, 0.25) is 5.91 Å². The van der Waals surface area contributed by atoms with Crippen LogP contribution in [0.2, 0.25) is 5.02 Å². The number of aliphatic imine (C=N–C) groups is 1. The number of rotatable bonds is 4. The van der Waals surface area contributed by atoms with E-state index >= 15 is 0 Å². The summed E-state index contributed by atoms with van der Waals surface area (Å²) in [6, 6.07) is 5.79. The van der Waals surface area contributed by atoms with E-state index in [1.807, 2.05) is 18.2 Å². The zero-order valence-electron chi connectivity index (χ0n) is 15.1. The van der Waals surface area contributed by atoms with Gasteiger partial charge in [0.25, 0.3) is 0 Å². The zero-order chi connectivity index (χ0) is 18.5. The van der Waals surface area contributed by atoms with Crippen LogP contribution >= 0.6 is 22.9 Å². The summed E-state index contributed by atoms with van der Waals surface area (Å²) in [6.45, 7) is 2.47. The Labute approximate surface area is 162 Å². The summed E-state index contributed by atoms with van der Waals surface area (Å²) in [5, 5.41) is 7.84. The molecule has 1 amide bonds. The van der Waals surface area contributed by atoms with Gasteiger partial charge in [0.05, 0.1) is 16.8 Å². The van der Waals surface area contributed by atoms with E-state index in [0.717, 1.165) is 47.1 Å². The Balaban J connectivity index is 1.54. The minimum Gasteiger partial charge on any atom is -0.359 e. The fourth-order valence-corrected chi connectivity index (χ4v) is 4.28. The number of likely N-dealkylation sites (tertiary alicyclic amines) is 1. The van der Waals surface area contributed by atoms with Crippen molar-refractivity contribution in [3.8, 4) is 0 Å². The van der Waals surface area contributed by atoms with Gasteiger partial charge in [0.1, 0.15) is 5.01 Å². The second kappa shape index (κ2) is 8.68. The molecule has 26 heavy (non-hydrogen) atoms. The first-order valence-corrected chi connectivity index (χ1v) is 9.99. The molecule has 2 aromatic rings. The molecule has 0 spiro atoms. The number of hydrogen-bond donors (Lipinski definition) is 2. The van der Waals surface area contributed by atoms with Gasteiger partial charge in [-0.25, -0.2) is 4.98 Å². The highest BCUT2D eigenvalue weighted by Crippen LogP contribution is 2.25. The van der Waals surface area contributed by atoms with E-state index < -0.39 is 0 Å². The van der Waals surface area contributed by atoms with E-state index in [1.165, 1.54) is 0 Å². The highest BCUT2D eigenvalue weighted by molar-refractivity contribution is 7.18. The molecular formula is C18H24ClN5OS. The quantitative estimate of drug-likeness (QED) is 0.619. The van der Waals surface area contributed by atoms with Gasteiger partial charge < -0.3 is 15.5 Å². The third-order valence-electron chi connectivity index (χ3n) is 4.67. The van der Waals surface area contributed by atoms with Gasteiger partial charge in [0, 0.05) is 38.6 Å². The number of guanidine groups is 1. The largest absolute Gasteiger partial charge is 0.359 e. The summed E-state index contributed by atoms with van der Waals surface area (Å²) < 4.78 is 1.14. The standard InChI is InChI=1S/C18H24ClN5OS/c1-20-16(25)9-12-5-7-24(8-6-12)18(21-2)22-11-17-23-14-10-13(19)3-4-15(14)26-17/h3-4,10,12H,5-9,11H2,1-2H3,(H,20,25)(H,21,22). The van der Waals surface area contributed by atoms with E-state index in [4.69, 9.17) is 11.6 Å². The van der Waals surface area contributed by atoms with Crippen LogP contribution in [0.15, 0.2) is 23.2 Å². The molecule has 6 nitrogen and oxygen atoms in total. The number of carbonyl (C=O) groups excluding carboxylic acids is 1. The molecule has 2 N–H and O–H groups in total. The minimum atomic E-state index is 0.127. The van der Waals surface area contributed by atoms with Gasteiger partial charge in [-0.1, -0.05) is 11.6 Å². The fraction of sp³-hybridized carbons (Fsp3) is 0.500. The first-order valence-electron chi connectivity index (χ1n) is 8.80. The van der Waals surface area contributed by atoms with E-state index in [2.05, 4.69) is 25.5 Å². The molecule has 8 heteroatoms. The second-order valence-corrected chi connectivity index (χ2v) is 7.98. The number of thiazole rings is 1. The van der Waals surface area contributed by atoms with E-state index in [1.54, 1.807) is 25.4 Å². The molecule has 3 rings (SSSR count). The van der Waals surface area contributed by atoms with E-state index in [9.17, 15) is 4.79 Å². The number of aromatic nitrogens is 1. The molecule has 1 aliphatic heterocycles. The van der Waals surface area contributed by atoms with Gasteiger partial charge in [-0.15, -0.1) is 11.3 Å². The first-order chi connectivity index (χ1) is 12.6. The first kappa shape index (κ1) is 18.9. The molecule has 0 saturated carbocycles. The van der Waals surface area contributed by atoms with E-state index in [0.29, 0.717) is 23.9 Å². The number of nitrogens with zero attached hydrogens (tertiary/aromatic N) is 3. The maximum Gasteiger partial charge on any atom is 0.220 e. The lowest BCUT2D eigenvalue weighted by Crippen LogP contribution is -2.45. The van der Waals surface area contributed by atoms with E-state index in [-0.39, 0.29) is 5.91 Å². The number of nitrogens with one attached hydrogen (secondary N) is 2. The third kappa shape index (κ3) is 4.65. The van der Waals surface area contributed by atoms with Crippen LogP contribution in [0.25, 0.3) is 10.2 Å². The summed E-state index contributed by atoms with van der Waals surface area (Å²) in [6.07, 6.45) is 2.63. The van der Waals surface area contributed by atoms with Gasteiger partial charge in [-0.2, -0.15) is 0 Å². The molecule has 1 fully saturated rings. The summed E-state index contributed by atoms with van der Waals surface area (Å²) >= 11 is 7.69. The predicted octanol–water partition coefficient (Wildman–Crippen LogP) is 2.87.